The third-order valence-corrected chi connectivity index (χ3v) is 5.62. The number of aryl methyl sites for hydroxylation is 1. The highest BCUT2D eigenvalue weighted by molar-refractivity contribution is 6.27. The lowest BCUT2D eigenvalue weighted by molar-refractivity contribution is -0.159. The van der Waals surface area contributed by atoms with E-state index >= 15 is 0 Å². The summed E-state index contributed by atoms with van der Waals surface area (Å²) in [5.74, 6) is -2.95. The molecule has 0 saturated carbocycles. The number of nitrogens with zero attached hydrogens (tertiary/aromatic N) is 2. The zero-order valence-corrected chi connectivity index (χ0v) is 17.2. The Kier molecular flexibility index (Phi) is 9.12. The molecule has 29 heavy (non-hydrogen) atoms. The molecule has 2 heterocycles. The van der Waals surface area contributed by atoms with E-state index in [1.165, 1.54) is 30.4 Å². The molecule has 2 aliphatic rings. The molecule has 2 fully saturated rings. The summed E-state index contributed by atoms with van der Waals surface area (Å²) < 4.78 is 0. The van der Waals surface area contributed by atoms with Gasteiger partial charge in [0.05, 0.1) is 0 Å². The van der Waals surface area contributed by atoms with Crippen LogP contribution in [-0.4, -0.2) is 64.0 Å². The van der Waals surface area contributed by atoms with Crippen molar-refractivity contribution < 1.29 is 24.6 Å². The first kappa shape index (κ1) is 22.9. The van der Waals surface area contributed by atoms with Gasteiger partial charge >= 0.3 is 11.9 Å². The number of amides is 1. The Morgan fingerprint density at radius 1 is 0.862 bits per heavy atom. The number of hydrogen-bond donors (Lipinski definition) is 2. The third-order valence-electron chi connectivity index (χ3n) is 5.62. The van der Waals surface area contributed by atoms with Gasteiger partial charge in [-0.25, -0.2) is 9.59 Å². The molecule has 0 atom stereocenters. The van der Waals surface area contributed by atoms with Crippen molar-refractivity contribution in [2.24, 2.45) is 5.92 Å². The summed E-state index contributed by atoms with van der Waals surface area (Å²) in [6.07, 6.45) is 6.84. The molecule has 7 heteroatoms. The average Bonchev–Trinajstić information content (AvgIpc) is 2.75. The minimum Gasteiger partial charge on any atom is -0.473 e. The van der Waals surface area contributed by atoms with Crippen LogP contribution in [0.4, 0.5) is 0 Å². The number of benzene rings is 1. The van der Waals surface area contributed by atoms with Gasteiger partial charge in [-0.3, -0.25) is 9.69 Å². The van der Waals surface area contributed by atoms with Gasteiger partial charge in [0.25, 0.3) is 0 Å². The molecule has 2 aliphatic heterocycles. The number of aliphatic carboxylic acids is 2. The van der Waals surface area contributed by atoms with Crippen molar-refractivity contribution in [2.45, 2.75) is 52.0 Å². The Bertz CT molecular complexity index is 663. The molecule has 0 unspecified atom stereocenters. The smallest absolute Gasteiger partial charge is 0.414 e. The number of carboxylic acid groups (broad SMARTS) is 2. The summed E-state index contributed by atoms with van der Waals surface area (Å²) in [4.78, 5) is 35.4. The van der Waals surface area contributed by atoms with Crippen molar-refractivity contribution in [2.75, 3.05) is 26.2 Å². The molecular formula is C22H32N2O5. The molecule has 3 rings (SSSR count). The van der Waals surface area contributed by atoms with Gasteiger partial charge in [0, 0.05) is 25.6 Å². The molecule has 2 N–H and O–H groups in total. The lowest BCUT2D eigenvalue weighted by Gasteiger charge is -2.35. The van der Waals surface area contributed by atoms with E-state index in [4.69, 9.17) is 19.8 Å². The normalized spacial score (nSPS) is 17.9. The Morgan fingerprint density at radius 3 is 1.86 bits per heavy atom. The lowest BCUT2D eigenvalue weighted by Crippen LogP contribution is -2.44. The molecule has 1 aromatic carbocycles. The van der Waals surface area contributed by atoms with Crippen LogP contribution < -0.4 is 0 Å². The quantitative estimate of drug-likeness (QED) is 0.749. The minimum atomic E-state index is -1.82. The van der Waals surface area contributed by atoms with E-state index in [1.54, 1.807) is 0 Å². The fourth-order valence-electron chi connectivity index (χ4n) is 3.85. The van der Waals surface area contributed by atoms with Gasteiger partial charge < -0.3 is 15.1 Å². The van der Waals surface area contributed by atoms with Crippen molar-refractivity contribution in [3.05, 3.63) is 35.4 Å². The topological polar surface area (TPSA) is 98.2 Å². The van der Waals surface area contributed by atoms with Crippen LogP contribution >= 0.6 is 0 Å². The first-order valence-electron chi connectivity index (χ1n) is 10.5. The SMILES string of the molecule is CCc1ccc(CN2CCC(C(=O)N3CCCCC3)CC2)cc1.O=C(O)C(=O)O. The highest BCUT2D eigenvalue weighted by Gasteiger charge is 2.29. The highest BCUT2D eigenvalue weighted by Crippen LogP contribution is 2.23. The molecule has 0 aliphatic carbocycles. The number of likely N-dealkylation sites (tertiary alicyclic amines) is 2. The Balaban J connectivity index is 0.000000438. The zero-order valence-electron chi connectivity index (χ0n) is 17.2. The number of carbonyl (C=O) groups excluding carboxylic acids is 1. The summed E-state index contributed by atoms with van der Waals surface area (Å²) in [5.41, 5.74) is 2.79. The van der Waals surface area contributed by atoms with E-state index in [0.717, 1.165) is 52.0 Å². The fourth-order valence-corrected chi connectivity index (χ4v) is 3.85. The van der Waals surface area contributed by atoms with Crippen molar-refractivity contribution in [3.8, 4) is 0 Å². The number of carbonyl (C=O) groups is 3. The predicted molar refractivity (Wildman–Crippen MR) is 110 cm³/mol. The maximum atomic E-state index is 12.6. The molecule has 2 saturated heterocycles. The number of hydrogen-bond acceptors (Lipinski definition) is 4. The first-order chi connectivity index (χ1) is 13.9. The Morgan fingerprint density at radius 2 is 1.38 bits per heavy atom. The summed E-state index contributed by atoms with van der Waals surface area (Å²) in [7, 11) is 0. The maximum absolute atomic E-state index is 12.6. The van der Waals surface area contributed by atoms with Gasteiger partial charge in [-0.05, 0) is 62.7 Å². The average molecular weight is 405 g/mol. The van der Waals surface area contributed by atoms with Crippen LogP contribution in [0.3, 0.4) is 0 Å². The maximum Gasteiger partial charge on any atom is 0.414 e. The van der Waals surface area contributed by atoms with Crippen molar-refractivity contribution >= 4 is 17.8 Å². The molecule has 0 bridgehead atoms. The number of rotatable bonds is 4. The standard InChI is InChI=1S/C20H30N2O.C2H2O4/c1-2-17-6-8-18(9-7-17)16-21-14-10-19(11-15-21)20(23)22-12-4-3-5-13-22;3-1(4)2(5)6/h6-9,19H,2-5,10-16H2,1H3;(H,3,4)(H,5,6). The van der Waals surface area contributed by atoms with E-state index in [1.807, 2.05) is 0 Å². The van der Waals surface area contributed by atoms with Crippen LogP contribution in [0.2, 0.25) is 0 Å². The van der Waals surface area contributed by atoms with Gasteiger partial charge in [0.1, 0.15) is 0 Å². The minimum absolute atomic E-state index is 0.270. The number of piperidine rings is 2. The van der Waals surface area contributed by atoms with Crippen molar-refractivity contribution in [1.82, 2.24) is 9.80 Å². The van der Waals surface area contributed by atoms with E-state index in [-0.39, 0.29) is 5.92 Å². The summed E-state index contributed by atoms with van der Waals surface area (Å²) >= 11 is 0. The largest absolute Gasteiger partial charge is 0.473 e. The second-order valence-electron chi connectivity index (χ2n) is 7.72. The Labute approximate surface area is 172 Å². The van der Waals surface area contributed by atoms with Gasteiger partial charge in [0.2, 0.25) is 5.91 Å². The molecule has 1 aromatic rings. The van der Waals surface area contributed by atoms with Crippen LogP contribution in [0.25, 0.3) is 0 Å². The van der Waals surface area contributed by atoms with Crippen LogP contribution in [-0.2, 0) is 27.3 Å². The van der Waals surface area contributed by atoms with Crippen LogP contribution in [0.1, 0.15) is 50.2 Å². The second-order valence-corrected chi connectivity index (χ2v) is 7.72. The van der Waals surface area contributed by atoms with E-state index in [9.17, 15) is 4.79 Å². The van der Waals surface area contributed by atoms with Crippen LogP contribution in [0.15, 0.2) is 24.3 Å². The molecule has 0 spiro atoms. The van der Waals surface area contributed by atoms with Crippen molar-refractivity contribution in [3.63, 3.8) is 0 Å². The van der Waals surface area contributed by atoms with E-state index in [2.05, 4.69) is 41.0 Å². The predicted octanol–water partition coefficient (Wildman–Crippen LogP) is 2.63. The van der Waals surface area contributed by atoms with E-state index in [0.29, 0.717) is 5.91 Å². The van der Waals surface area contributed by atoms with Gasteiger partial charge in [-0.1, -0.05) is 31.2 Å². The molecule has 0 radical (unpaired) electrons. The fraction of sp³-hybridized carbons (Fsp3) is 0.591. The monoisotopic (exact) mass is 404 g/mol. The molecular weight excluding hydrogens is 372 g/mol. The van der Waals surface area contributed by atoms with E-state index < -0.39 is 11.9 Å². The summed E-state index contributed by atoms with van der Waals surface area (Å²) in [6, 6.07) is 8.98. The number of carboxylic acids is 2. The zero-order chi connectivity index (χ0) is 21.2. The highest BCUT2D eigenvalue weighted by atomic mass is 16.4. The third kappa shape index (κ3) is 7.49. The molecule has 0 aromatic heterocycles. The van der Waals surface area contributed by atoms with Crippen LogP contribution in [0, 0.1) is 5.92 Å². The van der Waals surface area contributed by atoms with Crippen LogP contribution in [0.5, 0.6) is 0 Å². The summed E-state index contributed by atoms with van der Waals surface area (Å²) in [5, 5.41) is 14.8. The lowest BCUT2D eigenvalue weighted by atomic mass is 9.94. The first-order valence-corrected chi connectivity index (χ1v) is 10.5. The van der Waals surface area contributed by atoms with Gasteiger partial charge in [-0.15, -0.1) is 0 Å². The molecule has 160 valence electrons. The molecule has 1 amide bonds. The summed E-state index contributed by atoms with van der Waals surface area (Å²) in [6.45, 7) is 7.30. The second kappa shape index (κ2) is 11.6. The van der Waals surface area contributed by atoms with Gasteiger partial charge in [0.15, 0.2) is 0 Å². The molecule has 7 nitrogen and oxygen atoms in total. The van der Waals surface area contributed by atoms with Gasteiger partial charge in [-0.2, -0.15) is 0 Å². The Hall–Kier alpha value is -2.41. The van der Waals surface area contributed by atoms with Crippen molar-refractivity contribution in [1.29, 1.82) is 0 Å².